The molecule has 3 aliphatic rings. The summed E-state index contributed by atoms with van der Waals surface area (Å²) in [6.45, 7) is 2.79. The van der Waals surface area contributed by atoms with E-state index in [2.05, 4.69) is 10.1 Å². The van der Waals surface area contributed by atoms with Gasteiger partial charge in [-0.05, 0) is 24.6 Å². The van der Waals surface area contributed by atoms with Crippen LogP contribution in [-0.4, -0.2) is 53.5 Å². The maximum absolute atomic E-state index is 11.7. The van der Waals surface area contributed by atoms with Crippen molar-refractivity contribution in [1.82, 2.24) is 10.2 Å². The Bertz CT molecular complexity index is 747. The number of aliphatic carboxylic acids is 1. The molecule has 1 atom stereocenters. The molecule has 2 N–H and O–H groups in total. The van der Waals surface area contributed by atoms with E-state index in [-0.39, 0.29) is 36.8 Å². The summed E-state index contributed by atoms with van der Waals surface area (Å²) in [5, 5.41) is 11.5. The Morgan fingerprint density at radius 1 is 1.38 bits per heavy atom. The summed E-state index contributed by atoms with van der Waals surface area (Å²) in [6.07, 6.45) is 0. The molecular weight excluding hydrogens is 344 g/mol. The first-order chi connectivity index (χ1) is 12.3. The van der Waals surface area contributed by atoms with Crippen molar-refractivity contribution in [2.75, 3.05) is 13.2 Å². The maximum Gasteiger partial charge on any atom is 0.352 e. The second-order valence-corrected chi connectivity index (χ2v) is 5.62. The van der Waals surface area contributed by atoms with Gasteiger partial charge in [0, 0.05) is 13.0 Å². The Hall–Kier alpha value is -3.36. The fourth-order valence-corrected chi connectivity index (χ4v) is 2.42. The SMILES string of the molecule is CC(=O)NC1CN(C(C(=O)O)=C(C)COC=O)C1=O.c1cc2cc(c1)O2. The summed E-state index contributed by atoms with van der Waals surface area (Å²) in [6, 6.07) is 7.15. The second kappa shape index (κ2) is 8.15. The first-order valence-corrected chi connectivity index (χ1v) is 7.68. The number of β-lactam (4-membered cyclic amide) rings is 1. The number of carbonyl (C=O) groups is 4. The zero-order valence-corrected chi connectivity index (χ0v) is 14.2. The van der Waals surface area contributed by atoms with Crippen LogP contribution in [0.15, 0.2) is 35.5 Å². The standard InChI is InChI=1S/C11H14N2O6.C6H4O/c1-6(4-19-5-14)9(11(17)18)13-3-8(10(13)16)12-7(2)15;1-2-5-4-6(3-1)7-5/h5,8H,3-4H2,1-2H3,(H,12,15)(H,17,18);1-4H. The average molecular weight is 362 g/mol. The summed E-state index contributed by atoms with van der Waals surface area (Å²) in [4.78, 5) is 44.8. The predicted molar refractivity (Wildman–Crippen MR) is 88.2 cm³/mol. The molecule has 1 saturated heterocycles. The van der Waals surface area contributed by atoms with Crippen molar-refractivity contribution in [1.29, 1.82) is 0 Å². The second-order valence-electron chi connectivity index (χ2n) is 5.62. The number of fused-ring (bicyclic) bond motifs is 2. The van der Waals surface area contributed by atoms with Crippen LogP contribution in [0, 0.1) is 0 Å². The average Bonchev–Trinajstić information content (AvgIpc) is 2.58. The monoisotopic (exact) mass is 362 g/mol. The normalized spacial score (nSPS) is 17.2. The molecule has 0 aliphatic carbocycles. The van der Waals surface area contributed by atoms with E-state index in [0.717, 1.165) is 16.4 Å². The molecule has 0 spiro atoms. The highest BCUT2D eigenvalue weighted by molar-refractivity contribution is 6.00. The van der Waals surface area contributed by atoms with Gasteiger partial charge in [0.25, 0.3) is 12.4 Å². The molecule has 1 aromatic rings. The van der Waals surface area contributed by atoms with E-state index in [1.807, 2.05) is 24.3 Å². The number of benzene rings is 1. The van der Waals surface area contributed by atoms with Crippen LogP contribution in [0.5, 0.6) is 11.5 Å². The van der Waals surface area contributed by atoms with E-state index in [1.165, 1.54) is 13.8 Å². The summed E-state index contributed by atoms with van der Waals surface area (Å²) in [7, 11) is 0. The molecule has 2 amide bonds. The topological polar surface area (TPSA) is 122 Å². The van der Waals surface area contributed by atoms with Crippen LogP contribution in [0.3, 0.4) is 0 Å². The number of hydrogen-bond donors (Lipinski definition) is 2. The molecule has 1 unspecified atom stereocenters. The Morgan fingerprint density at radius 2 is 2.00 bits per heavy atom. The van der Waals surface area contributed by atoms with Gasteiger partial charge in [0.05, 0.1) is 6.54 Å². The van der Waals surface area contributed by atoms with E-state index < -0.39 is 17.9 Å². The number of hydrogen-bond acceptors (Lipinski definition) is 6. The third kappa shape index (κ3) is 4.38. The third-order valence-corrected chi connectivity index (χ3v) is 3.59. The number of amides is 2. The number of nitrogens with one attached hydrogen (secondary N) is 1. The molecule has 0 aromatic heterocycles. The number of carbonyl (C=O) groups excluding carboxylic acids is 3. The van der Waals surface area contributed by atoms with Crippen LogP contribution in [0.1, 0.15) is 13.8 Å². The molecule has 9 heteroatoms. The smallest absolute Gasteiger partial charge is 0.352 e. The lowest BCUT2D eigenvalue weighted by Gasteiger charge is -2.39. The summed E-state index contributed by atoms with van der Waals surface area (Å²) < 4.78 is 9.47. The van der Waals surface area contributed by atoms with Gasteiger partial charge < -0.3 is 24.8 Å². The Kier molecular flexibility index (Phi) is 5.94. The van der Waals surface area contributed by atoms with Gasteiger partial charge >= 0.3 is 5.97 Å². The molecule has 3 heterocycles. The Balaban J connectivity index is 0.000000282. The lowest BCUT2D eigenvalue weighted by Crippen LogP contribution is -2.63. The molecule has 9 nitrogen and oxygen atoms in total. The Morgan fingerprint density at radius 3 is 2.35 bits per heavy atom. The van der Waals surface area contributed by atoms with Crippen molar-refractivity contribution in [3.63, 3.8) is 0 Å². The van der Waals surface area contributed by atoms with Gasteiger partial charge in [0.15, 0.2) is 0 Å². The van der Waals surface area contributed by atoms with Gasteiger partial charge in [-0.25, -0.2) is 4.79 Å². The van der Waals surface area contributed by atoms with Crippen LogP contribution in [0.2, 0.25) is 0 Å². The predicted octanol–water partition coefficient (Wildman–Crippen LogP) is 0.657. The molecule has 2 bridgehead atoms. The first-order valence-electron chi connectivity index (χ1n) is 7.68. The minimum Gasteiger partial charge on any atom is -0.477 e. The van der Waals surface area contributed by atoms with E-state index in [0.29, 0.717) is 0 Å². The summed E-state index contributed by atoms with van der Waals surface area (Å²) >= 11 is 0. The van der Waals surface area contributed by atoms with Crippen LogP contribution in [-0.2, 0) is 23.9 Å². The zero-order chi connectivity index (χ0) is 19.3. The molecule has 0 radical (unpaired) electrons. The van der Waals surface area contributed by atoms with Gasteiger partial charge in [-0.15, -0.1) is 0 Å². The lowest BCUT2D eigenvalue weighted by atomic mass is 10.0. The lowest BCUT2D eigenvalue weighted by molar-refractivity contribution is -0.148. The van der Waals surface area contributed by atoms with Crippen molar-refractivity contribution in [2.24, 2.45) is 0 Å². The number of carboxylic acid groups (broad SMARTS) is 1. The van der Waals surface area contributed by atoms with Crippen LogP contribution >= 0.6 is 0 Å². The third-order valence-electron chi connectivity index (χ3n) is 3.59. The van der Waals surface area contributed by atoms with E-state index in [9.17, 15) is 19.2 Å². The number of carboxylic acids is 1. The molecular formula is C17H18N2O7. The largest absolute Gasteiger partial charge is 0.477 e. The quantitative estimate of drug-likeness (QED) is 0.440. The van der Waals surface area contributed by atoms with Crippen LogP contribution < -0.4 is 10.1 Å². The van der Waals surface area contributed by atoms with E-state index >= 15 is 0 Å². The van der Waals surface area contributed by atoms with Gasteiger partial charge in [0.2, 0.25) is 5.91 Å². The highest BCUT2D eigenvalue weighted by atomic mass is 16.5. The highest BCUT2D eigenvalue weighted by Gasteiger charge is 2.42. The first kappa shape index (κ1) is 19.0. The van der Waals surface area contributed by atoms with Crippen molar-refractivity contribution < 1.29 is 33.8 Å². The fraction of sp³-hybridized carbons (Fsp3) is 0.294. The summed E-state index contributed by atoms with van der Waals surface area (Å²) in [5.74, 6) is -0.186. The fourth-order valence-electron chi connectivity index (χ4n) is 2.42. The molecule has 1 aromatic carbocycles. The highest BCUT2D eigenvalue weighted by Crippen LogP contribution is 2.32. The molecule has 26 heavy (non-hydrogen) atoms. The van der Waals surface area contributed by atoms with Gasteiger partial charge in [-0.1, -0.05) is 6.07 Å². The van der Waals surface area contributed by atoms with Gasteiger partial charge in [-0.3, -0.25) is 14.4 Å². The van der Waals surface area contributed by atoms with Gasteiger partial charge in [0.1, 0.15) is 29.8 Å². The molecule has 1 fully saturated rings. The van der Waals surface area contributed by atoms with Gasteiger partial charge in [-0.2, -0.15) is 0 Å². The number of ether oxygens (including phenoxy) is 2. The van der Waals surface area contributed by atoms with Crippen molar-refractivity contribution in [3.05, 3.63) is 35.5 Å². The number of rotatable bonds is 6. The van der Waals surface area contributed by atoms with Crippen molar-refractivity contribution in [2.45, 2.75) is 19.9 Å². The molecule has 0 saturated carbocycles. The van der Waals surface area contributed by atoms with E-state index in [4.69, 9.17) is 9.84 Å². The van der Waals surface area contributed by atoms with Crippen molar-refractivity contribution >= 4 is 24.3 Å². The van der Waals surface area contributed by atoms with Crippen LogP contribution in [0.4, 0.5) is 0 Å². The number of likely N-dealkylation sites (tertiary alicyclic amines) is 1. The zero-order valence-electron chi connectivity index (χ0n) is 14.2. The minimum absolute atomic E-state index is 0.0818. The molecule has 138 valence electrons. The Labute approximate surface area is 149 Å². The molecule has 4 rings (SSSR count). The minimum atomic E-state index is -1.29. The maximum atomic E-state index is 11.7. The van der Waals surface area contributed by atoms with Crippen molar-refractivity contribution in [3.8, 4) is 11.5 Å². The number of nitrogens with zero attached hydrogens (tertiary/aromatic N) is 1. The summed E-state index contributed by atoms with van der Waals surface area (Å²) in [5.41, 5.74) is 0.0164. The molecule has 3 aliphatic heterocycles. The van der Waals surface area contributed by atoms with Crippen LogP contribution in [0.25, 0.3) is 0 Å². The van der Waals surface area contributed by atoms with E-state index in [1.54, 1.807) is 0 Å².